The van der Waals surface area contributed by atoms with E-state index >= 15 is 0 Å². The minimum absolute atomic E-state index is 0.0428. The van der Waals surface area contributed by atoms with Gasteiger partial charge in [-0.25, -0.2) is 0 Å². The predicted molar refractivity (Wildman–Crippen MR) is 49.2 cm³/mol. The molecule has 1 amide bonds. The zero-order valence-electron chi connectivity index (χ0n) is 7.53. The SMILES string of the molecule is NC(=O)COCCN=C(N)C1CC1. The fourth-order valence-electron chi connectivity index (χ4n) is 0.920. The van der Waals surface area contributed by atoms with Crippen molar-refractivity contribution in [3.8, 4) is 0 Å². The van der Waals surface area contributed by atoms with E-state index < -0.39 is 5.91 Å². The third-order valence-corrected chi connectivity index (χ3v) is 1.77. The normalized spacial score (nSPS) is 17.4. The van der Waals surface area contributed by atoms with Crippen LogP contribution in [-0.4, -0.2) is 31.5 Å². The molecule has 1 fully saturated rings. The maximum absolute atomic E-state index is 10.3. The van der Waals surface area contributed by atoms with E-state index in [1.165, 1.54) is 0 Å². The fraction of sp³-hybridized carbons (Fsp3) is 0.750. The van der Waals surface area contributed by atoms with Gasteiger partial charge in [-0.3, -0.25) is 9.79 Å². The highest BCUT2D eigenvalue weighted by molar-refractivity contribution is 5.84. The molecule has 0 radical (unpaired) electrons. The Labute approximate surface area is 77.1 Å². The standard InChI is InChI=1S/C8H15N3O2/c9-7(12)5-13-4-3-11-8(10)6-1-2-6/h6H,1-5H2,(H2,9,12)(H2,10,11). The molecule has 13 heavy (non-hydrogen) atoms. The first-order valence-electron chi connectivity index (χ1n) is 4.36. The summed E-state index contributed by atoms with van der Waals surface area (Å²) in [5.74, 6) is 0.748. The van der Waals surface area contributed by atoms with E-state index in [1.54, 1.807) is 0 Å². The molecule has 0 atom stereocenters. The monoisotopic (exact) mass is 185 g/mol. The lowest BCUT2D eigenvalue weighted by atomic mass is 10.4. The van der Waals surface area contributed by atoms with Crippen LogP contribution in [0.3, 0.4) is 0 Å². The summed E-state index contributed by atoms with van der Waals surface area (Å²) in [6.07, 6.45) is 2.30. The lowest BCUT2D eigenvalue weighted by molar-refractivity contribution is -0.122. The van der Waals surface area contributed by atoms with Crippen LogP contribution in [0.2, 0.25) is 0 Å². The van der Waals surface area contributed by atoms with Crippen molar-refractivity contribution >= 4 is 11.7 Å². The number of carbonyl (C=O) groups excluding carboxylic acids is 1. The quantitative estimate of drug-likeness (QED) is 0.324. The van der Waals surface area contributed by atoms with Gasteiger partial charge >= 0.3 is 0 Å². The van der Waals surface area contributed by atoms with E-state index in [2.05, 4.69) is 4.99 Å². The highest BCUT2D eigenvalue weighted by Crippen LogP contribution is 2.28. The largest absolute Gasteiger partial charge is 0.387 e. The van der Waals surface area contributed by atoms with Gasteiger partial charge in [-0.05, 0) is 12.8 Å². The molecule has 0 unspecified atom stereocenters. The van der Waals surface area contributed by atoms with Crippen LogP contribution in [0.25, 0.3) is 0 Å². The van der Waals surface area contributed by atoms with E-state index in [9.17, 15) is 4.79 Å². The summed E-state index contributed by atoms with van der Waals surface area (Å²) in [5, 5.41) is 0. The molecule has 1 saturated carbocycles. The number of ether oxygens (including phenoxy) is 1. The first kappa shape index (κ1) is 9.98. The van der Waals surface area contributed by atoms with Crippen molar-refractivity contribution in [2.45, 2.75) is 12.8 Å². The van der Waals surface area contributed by atoms with Gasteiger partial charge in [0.2, 0.25) is 5.91 Å². The van der Waals surface area contributed by atoms with Crippen LogP contribution in [0.4, 0.5) is 0 Å². The molecule has 5 heteroatoms. The lowest BCUT2D eigenvalue weighted by Crippen LogP contribution is -2.20. The molecule has 4 N–H and O–H groups in total. The molecular formula is C8H15N3O2. The summed E-state index contributed by atoms with van der Waals surface area (Å²) in [4.78, 5) is 14.4. The van der Waals surface area contributed by atoms with E-state index in [-0.39, 0.29) is 6.61 Å². The van der Waals surface area contributed by atoms with Gasteiger partial charge in [0, 0.05) is 5.92 Å². The van der Waals surface area contributed by atoms with Crippen LogP contribution >= 0.6 is 0 Å². The zero-order chi connectivity index (χ0) is 9.68. The Hall–Kier alpha value is -1.10. The van der Waals surface area contributed by atoms with Crippen LogP contribution in [0.5, 0.6) is 0 Å². The summed E-state index contributed by atoms with van der Waals surface area (Å²) in [5.41, 5.74) is 10.5. The van der Waals surface area contributed by atoms with E-state index in [4.69, 9.17) is 16.2 Å². The summed E-state index contributed by atoms with van der Waals surface area (Å²) >= 11 is 0. The second kappa shape index (κ2) is 4.81. The first-order valence-corrected chi connectivity index (χ1v) is 4.36. The number of amidine groups is 1. The molecule has 0 heterocycles. The number of hydrogen-bond acceptors (Lipinski definition) is 3. The molecular weight excluding hydrogens is 170 g/mol. The molecule has 5 nitrogen and oxygen atoms in total. The maximum atomic E-state index is 10.3. The Morgan fingerprint density at radius 1 is 1.46 bits per heavy atom. The van der Waals surface area contributed by atoms with E-state index in [0.717, 1.165) is 12.8 Å². The first-order chi connectivity index (χ1) is 6.20. The number of rotatable bonds is 6. The molecule has 1 aliphatic rings. The van der Waals surface area contributed by atoms with E-state index in [0.29, 0.717) is 24.9 Å². The second-order valence-electron chi connectivity index (χ2n) is 3.10. The van der Waals surface area contributed by atoms with Crippen molar-refractivity contribution in [3.05, 3.63) is 0 Å². The van der Waals surface area contributed by atoms with Crippen molar-refractivity contribution in [1.29, 1.82) is 0 Å². The fourth-order valence-corrected chi connectivity index (χ4v) is 0.920. The lowest BCUT2D eigenvalue weighted by Gasteiger charge is -1.99. The number of amides is 1. The molecule has 0 saturated heterocycles. The third kappa shape index (κ3) is 4.47. The number of carbonyl (C=O) groups is 1. The van der Waals surface area contributed by atoms with Gasteiger partial charge in [-0.1, -0.05) is 0 Å². The minimum Gasteiger partial charge on any atom is -0.387 e. The molecule has 0 aromatic carbocycles. The van der Waals surface area contributed by atoms with Gasteiger partial charge in [0.25, 0.3) is 0 Å². The molecule has 0 aromatic heterocycles. The number of aliphatic imine (C=N–C) groups is 1. The highest BCUT2D eigenvalue weighted by Gasteiger charge is 2.24. The summed E-state index contributed by atoms with van der Waals surface area (Å²) in [7, 11) is 0. The zero-order valence-corrected chi connectivity index (χ0v) is 7.53. The van der Waals surface area contributed by atoms with Gasteiger partial charge in [-0.15, -0.1) is 0 Å². The second-order valence-corrected chi connectivity index (χ2v) is 3.10. The van der Waals surface area contributed by atoms with Gasteiger partial charge in [-0.2, -0.15) is 0 Å². The van der Waals surface area contributed by atoms with Gasteiger partial charge < -0.3 is 16.2 Å². The van der Waals surface area contributed by atoms with Crippen LogP contribution < -0.4 is 11.5 Å². The number of hydrogen-bond donors (Lipinski definition) is 2. The van der Waals surface area contributed by atoms with Crippen LogP contribution in [0.15, 0.2) is 4.99 Å². The van der Waals surface area contributed by atoms with Crippen molar-refractivity contribution < 1.29 is 9.53 Å². The molecule has 1 aliphatic carbocycles. The Balaban J connectivity index is 1.99. The van der Waals surface area contributed by atoms with Crippen molar-refractivity contribution in [2.75, 3.05) is 19.8 Å². The smallest absolute Gasteiger partial charge is 0.243 e. The molecule has 0 aromatic rings. The summed E-state index contributed by atoms with van der Waals surface area (Å²) in [6, 6.07) is 0. The number of nitrogens with zero attached hydrogens (tertiary/aromatic N) is 1. The Morgan fingerprint density at radius 2 is 2.15 bits per heavy atom. The molecule has 0 spiro atoms. The van der Waals surface area contributed by atoms with Crippen molar-refractivity contribution in [2.24, 2.45) is 22.4 Å². The maximum Gasteiger partial charge on any atom is 0.243 e. The van der Waals surface area contributed by atoms with Crippen molar-refractivity contribution in [3.63, 3.8) is 0 Å². The average Bonchev–Trinajstić information content (AvgIpc) is 2.85. The topological polar surface area (TPSA) is 90.7 Å². The average molecular weight is 185 g/mol. The molecule has 0 bridgehead atoms. The van der Waals surface area contributed by atoms with Gasteiger partial charge in [0.1, 0.15) is 6.61 Å². The summed E-state index contributed by atoms with van der Waals surface area (Å²) < 4.78 is 4.91. The van der Waals surface area contributed by atoms with Crippen molar-refractivity contribution in [1.82, 2.24) is 0 Å². The van der Waals surface area contributed by atoms with Crippen LogP contribution in [-0.2, 0) is 9.53 Å². The van der Waals surface area contributed by atoms with Gasteiger partial charge in [0.15, 0.2) is 0 Å². The molecule has 74 valence electrons. The number of primary amides is 1. The van der Waals surface area contributed by atoms with Crippen LogP contribution in [0, 0.1) is 5.92 Å². The predicted octanol–water partition coefficient (Wildman–Crippen LogP) is -0.744. The summed E-state index contributed by atoms with van der Waals surface area (Å²) in [6.45, 7) is 0.866. The highest BCUT2D eigenvalue weighted by atomic mass is 16.5. The van der Waals surface area contributed by atoms with E-state index in [1.807, 2.05) is 0 Å². The van der Waals surface area contributed by atoms with Crippen LogP contribution in [0.1, 0.15) is 12.8 Å². The Morgan fingerprint density at radius 3 is 2.69 bits per heavy atom. The molecule has 1 rings (SSSR count). The minimum atomic E-state index is -0.459. The Bertz CT molecular complexity index is 211. The molecule has 0 aliphatic heterocycles. The Kier molecular flexibility index (Phi) is 3.70. The number of nitrogens with two attached hydrogens (primary N) is 2. The third-order valence-electron chi connectivity index (χ3n) is 1.77. The van der Waals surface area contributed by atoms with Gasteiger partial charge in [0.05, 0.1) is 19.0 Å².